The summed E-state index contributed by atoms with van der Waals surface area (Å²) in [6.07, 6.45) is 3.53. The molecule has 2 rings (SSSR count). The molecule has 0 saturated carbocycles. The minimum Gasteiger partial charge on any atom is -0.478 e. The van der Waals surface area contributed by atoms with E-state index >= 15 is 0 Å². The van der Waals surface area contributed by atoms with Gasteiger partial charge in [0.1, 0.15) is 0 Å². The lowest BCUT2D eigenvalue weighted by Gasteiger charge is -2.30. The molecule has 0 bridgehead atoms. The number of aryl methyl sites for hydroxylation is 1. The summed E-state index contributed by atoms with van der Waals surface area (Å²) in [6, 6.07) is 7.51. The maximum absolute atomic E-state index is 13.0. The third kappa shape index (κ3) is 5.16. The molecular weight excluding hydrogens is 394 g/mol. The highest BCUT2D eigenvalue weighted by molar-refractivity contribution is 5.96. The second kappa shape index (κ2) is 9.37. The van der Waals surface area contributed by atoms with E-state index < -0.39 is 11.4 Å². The molecule has 1 aromatic heterocycles. The van der Waals surface area contributed by atoms with Crippen LogP contribution in [0.5, 0.6) is 0 Å². The molecule has 0 fully saturated rings. The zero-order valence-corrected chi connectivity index (χ0v) is 19.4. The van der Waals surface area contributed by atoms with Crippen LogP contribution in [-0.2, 0) is 26.8 Å². The van der Waals surface area contributed by atoms with Crippen molar-refractivity contribution >= 4 is 28.7 Å². The molecule has 0 aliphatic rings. The Morgan fingerprint density at radius 1 is 1.23 bits per heavy atom. The number of nitrogens with zero attached hydrogens (tertiary/aromatic N) is 2. The molecule has 168 valence electrons. The number of amides is 2. The van der Waals surface area contributed by atoms with Gasteiger partial charge in [-0.2, -0.15) is 0 Å². The zero-order chi connectivity index (χ0) is 23.5. The third-order valence-electron chi connectivity index (χ3n) is 5.82. The molecule has 0 aliphatic heterocycles. The van der Waals surface area contributed by atoms with E-state index in [1.807, 2.05) is 69.8 Å². The fourth-order valence-corrected chi connectivity index (χ4v) is 3.71. The highest BCUT2D eigenvalue weighted by Crippen LogP contribution is 2.31. The maximum atomic E-state index is 13.0. The van der Waals surface area contributed by atoms with Gasteiger partial charge in [-0.3, -0.25) is 9.59 Å². The Balaban J connectivity index is 2.15. The van der Waals surface area contributed by atoms with E-state index in [-0.39, 0.29) is 35.9 Å². The van der Waals surface area contributed by atoms with Crippen LogP contribution in [0.1, 0.15) is 40.2 Å². The summed E-state index contributed by atoms with van der Waals surface area (Å²) in [7, 11) is 3.57. The molecule has 7 heteroatoms. The van der Waals surface area contributed by atoms with Crippen LogP contribution in [0.4, 0.5) is 0 Å². The summed E-state index contributed by atoms with van der Waals surface area (Å²) in [5.41, 5.74) is 1.27. The van der Waals surface area contributed by atoms with Gasteiger partial charge in [0.2, 0.25) is 11.8 Å². The number of para-hydroxylation sites is 1. The Morgan fingerprint density at radius 2 is 1.84 bits per heavy atom. The Kier molecular flexibility index (Phi) is 7.31. The number of fused-ring (bicyclic) bond motifs is 1. The Morgan fingerprint density at radius 3 is 2.42 bits per heavy atom. The fourth-order valence-electron chi connectivity index (χ4n) is 3.71. The van der Waals surface area contributed by atoms with Gasteiger partial charge >= 0.3 is 5.97 Å². The minimum absolute atomic E-state index is 0.0195. The maximum Gasteiger partial charge on any atom is 0.331 e. The minimum atomic E-state index is -1.02. The Hall–Kier alpha value is -3.09. The van der Waals surface area contributed by atoms with Crippen LogP contribution in [0.3, 0.4) is 0 Å². The van der Waals surface area contributed by atoms with Gasteiger partial charge in [0.25, 0.3) is 0 Å². The second-order valence-electron chi connectivity index (χ2n) is 8.87. The quantitative estimate of drug-likeness (QED) is 0.634. The van der Waals surface area contributed by atoms with E-state index in [0.717, 1.165) is 16.5 Å². The number of benzene rings is 1. The molecular formula is C24H33N3O4. The molecule has 1 aromatic carbocycles. The number of carbonyl (C=O) groups excluding carboxylic acids is 2. The average molecular weight is 428 g/mol. The number of aromatic nitrogens is 1. The first kappa shape index (κ1) is 24.2. The van der Waals surface area contributed by atoms with Crippen LogP contribution < -0.4 is 5.32 Å². The number of likely N-dealkylation sites (N-methyl/N-ethyl adjacent to an activating group) is 1. The molecule has 7 nitrogen and oxygen atoms in total. The third-order valence-corrected chi connectivity index (χ3v) is 5.82. The standard InChI is InChI=1S/C24H33N3O4/c1-15(2)20(12-16(3)22(29)30)27(7)21(28)13-25-23(31)24(4,5)18-14-26(6)19-11-9-8-10-17(18)19/h8-12,14-15,20H,13H2,1-7H3,(H,25,31)(H,29,30)/t20-/m1/s1. The molecule has 2 N–H and O–H groups in total. The molecule has 2 aromatic rings. The Labute approximate surface area is 183 Å². The summed E-state index contributed by atoms with van der Waals surface area (Å²) in [4.78, 5) is 38.5. The zero-order valence-electron chi connectivity index (χ0n) is 19.4. The van der Waals surface area contributed by atoms with Crippen LogP contribution in [0.2, 0.25) is 0 Å². The van der Waals surface area contributed by atoms with Gasteiger partial charge in [-0.05, 0) is 38.3 Å². The van der Waals surface area contributed by atoms with Gasteiger partial charge in [0.15, 0.2) is 0 Å². The number of rotatable bonds is 8. The van der Waals surface area contributed by atoms with Crippen LogP contribution in [-0.4, -0.2) is 52.0 Å². The van der Waals surface area contributed by atoms with Crippen molar-refractivity contribution < 1.29 is 19.5 Å². The van der Waals surface area contributed by atoms with Crippen LogP contribution in [0.25, 0.3) is 10.9 Å². The van der Waals surface area contributed by atoms with E-state index in [2.05, 4.69) is 5.32 Å². The van der Waals surface area contributed by atoms with E-state index in [1.165, 1.54) is 11.8 Å². The number of carboxylic acids is 1. The molecule has 1 heterocycles. The van der Waals surface area contributed by atoms with Crippen molar-refractivity contribution in [2.24, 2.45) is 13.0 Å². The van der Waals surface area contributed by atoms with Crippen molar-refractivity contribution in [3.05, 3.63) is 47.7 Å². The van der Waals surface area contributed by atoms with E-state index in [1.54, 1.807) is 13.1 Å². The first-order valence-corrected chi connectivity index (χ1v) is 10.4. The first-order valence-electron chi connectivity index (χ1n) is 10.4. The normalized spacial score (nSPS) is 13.4. The van der Waals surface area contributed by atoms with Gasteiger partial charge in [0.05, 0.1) is 18.0 Å². The van der Waals surface area contributed by atoms with Gasteiger partial charge in [0, 0.05) is 36.8 Å². The number of carboxylic acid groups (broad SMARTS) is 1. The number of hydrogen-bond donors (Lipinski definition) is 2. The molecule has 0 aliphatic carbocycles. The van der Waals surface area contributed by atoms with Crippen molar-refractivity contribution in [2.75, 3.05) is 13.6 Å². The average Bonchev–Trinajstić information content (AvgIpc) is 3.06. The SMILES string of the molecule is CC(=C[C@H](C(C)C)N(C)C(=O)CNC(=O)C(C)(C)c1cn(C)c2ccccc12)C(=O)O. The topological polar surface area (TPSA) is 91.6 Å². The number of carbonyl (C=O) groups is 3. The van der Waals surface area contributed by atoms with Gasteiger partial charge < -0.3 is 19.9 Å². The van der Waals surface area contributed by atoms with E-state index in [4.69, 9.17) is 5.11 Å². The van der Waals surface area contributed by atoms with Crippen molar-refractivity contribution in [1.29, 1.82) is 0 Å². The van der Waals surface area contributed by atoms with E-state index in [9.17, 15) is 14.4 Å². The van der Waals surface area contributed by atoms with Crippen LogP contribution >= 0.6 is 0 Å². The lowest BCUT2D eigenvalue weighted by Crippen LogP contribution is -2.48. The number of hydrogen-bond acceptors (Lipinski definition) is 3. The lowest BCUT2D eigenvalue weighted by molar-refractivity contribution is -0.135. The lowest BCUT2D eigenvalue weighted by atomic mass is 9.83. The van der Waals surface area contributed by atoms with Gasteiger partial charge in [-0.25, -0.2) is 4.79 Å². The molecule has 31 heavy (non-hydrogen) atoms. The van der Waals surface area contributed by atoms with Crippen molar-refractivity contribution in [2.45, 2.75) is 46.1 Å². The smallest absolute Gasteiger partial charge is 0.331 e. The molecule has 0 spiro atoms. The highest BCUT2D eigenvalue weighted by Gasteiger charge is 2.33. The largest absolute Gasteiger partial charge is 0.478 e. The summed E-state index contributed by atoms with van der Waals surface area (Å²) in [5.74, 6) is -1.53. The van der Waals surface area contributed by atoms with Crippen LogP contribution in [0.15, 0.2) is 42.1 Å². The van der Waals surface area contributed by atoms with Crippen molar-refractivity contribution in [1.82, 2.24) is 14.8 Å². The molecule has 0 saturated heterocycles. The second-order valence-corrected chi connectivity index (χ2v) is 8.87. The molecule has 0 unspecified atom stereocenters. The number of aliphatic carboxylic acids is 1. The Bertz CT molecular complexity index is 1020. The summed E-state index contributed by atoms with van der Waals surface area (Å²) < 4.78 is 1.99. The van der Waals surface area contributed by atoms with E-state index in [0.29, 0.717) is 0 Å². The van der Waals surface area contributed by atoms with Crippen molar-refractivity contribution in [3.8, 4) is 0 Å². The molecule has 1 atom stereocenters. The predicted octanol–water partition coefficient (Wildman–Crippen LogP) is 3.09. The monoisotopic (exact) mass is 427 g/mol. The summed E-state index contributed by atoms with van der Waals surface area (Å²) in [6.45, 7) is 8.87. The summed E-state index contributed by atoms with van der Waals surface area (Å²) in [5, 5.41) is 12.9. The fraction of sp³-hybridized carbons (Fsp3) is 0.458. The highest BCUT2D eigenvalue weighted by atomic mass is 16.4. The van der Waals surface area contributed by atoms with Crippen LogP contribution in [0, 0.1) is 5.92 Å². The summed E-state index contributed by atoms with van der Waals surface area (Å²) >= 11 is 0. The first-order chi connectivity index (χ1) is 14.4. The van der Waals surface area contributed by atoms with Crippen molar-refractivity contribution in [3.63, 3.8) is 0 Å². The molecule has 0 radical (unpaired) electrons. The van der Waals surface area contributed by atoms with Gasteiger partial charge in [-0.15, -0.1) is 0 Å². The van der Waals surface area contributed by atoms with Gasteiger partial charge in [-0.1, -0.05) is 38.1 Å². The predicted molar refractivity (Wildman–Crippen MR) is 122 cm³/mol. The number of nitrogens with one attached hydrogen (secondary N) is 1. The molecule has 2 amide bonds.